The molecular weight excluding hydrogens is 409 g/mol. The van der Waals surface area contributed by atoms with Crippen LogP contribution in [0.4, 0.5) is 4.39 Å². The first-order chi connectivity index (χ1) is 14.3. The molecule has 1 aromatic carbocycles. The summed E-state index contributed by atoms with van der Waals surface area (Å²) in [6.45, 7) is 4.51. The van der Waals surface area contributed by atoms with Gasteiger partial charge in [-0.05, 0) is 44.4 Å². The molecule has 1 aliphatic heterocycles. The smallest absolute Gasteiger partial charge is 0.248 e. The molecule has 2 aromatic rings. The third kappa shape index (κ3) is 4.79. The topological polar surface area (TPSA) is 92.5 Å². The lowest BCUT2D eigenvalue weighted by molar-refractivity contribution is -0.126. The van der Waals surface area contributed by atoms with Crippen molar-refractivity contribution in [3.05, 3.63) is 47.1 Å². The summed E-state index contributed by atoms with van der Waals surface area (Å²) in [5.74, 6) is -0.907. The second-order valence-electron chi connectivity index (χ2n) is 7.31. The lowest BCUT2D eigenvalue weighted by Crippen LogP contribution is -2.45. The molecule has 1 aliphatic rings. The van der Waals surface area contributed by atoms with E-state index in [1.807, 2.05) is 6.92 Å². The standard InChI is InChI=1S/C21H26FN3O4S/c1-3-12-23-21(26)17-8-6-13-25(14-17)30(27,28)20-15(2)24-29-19(20)11-10-16-7-4-5-9-18(16)22/h4-5,7,9-11,17H,3,6,8,12-14H2,1-2H3,(H,23,26)/b11-10+. The van der Waals surface area contributed by atoms with E-state index in [0.717, 1.165) is 6.42 Å². The van der Waals surface area contributed by atoms with Crippen molar-refractivity contribution in [2.24, 2.45) is 5.92 Å². The number of benzene rings is 1. The molecule has 1 saturated heterocycles. The van der Waals surface area contributed by atoms with Crippen LogP contribution < -0.4 is 5.32 Å². The minimum Gasteiger partial charge on any atom is -0.356 e. The van der Waals surface area contributed by atoms with E-state index in [4.69, 9.17) is 4.52 Å². The summed E-state index contributed by atoms with van der Waals surface area (Å²) in [6, 6.07) is 6.15. The van der Waals surface area contributed by atoms with E-state index in [0.29, 0.717) is 31.5 Å². The number of aryl methyl sites for hydroxylation is 1. The van der Waals surface area contributed by atoms with Gasteiger partial charge in [-0.15, -0.1) is 0 Å². The zero-order valence-electron chi connectivity index (χ0n) is 17.1. The third-order valence-corrected chi connectivity index (χ3v) is 7.08. The molecule has 1 atom stereocenters. The maximum absolute atomic E-state index is 13.9. The monoisotopic (exact) mass is 435 g/mol. The van der Waals surface area contributed by atoms with Crippen LogP contribution in [0, 0.1) is 18.7 Å². The van der Waals surface area contributed by atoms with Crippen LogP contribution in [-0.2, 0) is 14.8 Å². The molecule has 0 aliphatic carbocycles. The zero-order valence-corrected chi connectivity index (χ0v) is 17.9. The Hall–Kier alpha value is -2.52. The van der Waals surface area contributed by atoms with Gasteiger partial charge < -0.3 is 9.84 Å². The molecule has 7 nitrogen and oxygen atoms in total. The van der Waals surface area contributed by atoms with Crippen LogP contribution in [0.5, 0.6) is 0 Å². The minimum absolute atomic E-state index is 0.0355. The lowest BCUT2D eigenvalue weighted by atomic mass is 9.99. The average molecular weight is 436 g/mol. The summed E-state index contributed by atoms with van der Waals surface area (Å²) >= 11 is 0. The van der Waals surface area contributed by atoms with Crippen LogP contribution in [0.1, 0.15) is 43.2 Å². The fourth-order valence-electron chi connectivity index (χ4n) is 3.47. The molecule has 9 heteroatoms. The summed E-state index contributed by atoms with van der Waals surface area (Å²) in [7, 11) is -3.93. The fraction of sp³-hybridized carbons (Fsp3) is 0.429. The number of aromatic nitrogens is 1. The van der Waals surface area contributed by atoms with Gasteiger partial charge in [0, 0.05) is 25.2 Å². The first kappa shape index (κ1) is 22.2. The first-order valence-electron chi connectivity index (χ1n) is 10.0. The summed E-state index contributed by atoms with van der Waals surface area (Å²) in [4.78, 5) is 12.3. The van der Waals surface area contributed by atoms with E-state index in [9.17, 15) is 17.6 Å². The van der Waals surface area contributed by atoms with Crippen molar-refractivity contribution in [3.8, 4) is 0 Å². The highest BCUT2D eigenvalue weighted by Gasteiger charge is 2.36. The number of carbonyl (C=O) groups excluding carboxylic acids is 1. The van der Waals surface area contributed by atoms with Gasteiger partial charge in [0.1, 0.15) is 11.5 Å². The molecule has 1 unspecified atom stereocenters. The van der Waals surface area contributed by atoms with Crippen LogP contribution in [0.2, 0.25) is 0 Å². The van der Waals surface area contributed by atoms with E-state index in [1.165, 1.54) is 22.5 Å². The number of rotatable bonds is 7. The molecule has 2 heterocycles. The highest BCUT2D eigenvalue weighted by atomic mass is 32.2. The summed E-state index contributed by atoms with van der Waals surface area (Å²) < 4.78 is 47.1. The van der Waals surface area contributed by atoms with Gasteiger partial charge in [-0.1, -0.05) is 30.3 Å². The average Bonchev–Trinajstić information content (AvgIpc) is 3.12. The Morgan fingerprint density at radius 1 is 1.37 bits per heavy atom. The predicted octanol–water partition coefficient (Wildman–Crippen LogP) is 3.22. The van der Waals surface area contributed by atoms with Gasteiger partial charge in [-0.2, -0.15) is 4.31 Å². The normalized spacial score (nSPS) is 18.0. The molecule has 30 heavy (non-hydrogen) atoms. The summed E-state index contributed by atoms with van der Waals surface area (Å²) in [5, 5.41) is 6.64. The second kappa shape index (κ2) is 9.53. The van der Waals surface area contributed by atoms with Gasteiger partial charge in [0.2, 0.25) is 15.9 Å². The van der Waals surface area contributed by atoms with Crippen molar-refractivity contribution >= 4 is 28.1 Å². The second-order valence-corrected chi connectivity index (χ2v) is 9.18. The molecular formula is C21H26FN3O4S. The van der Waals surface area contributed by atoms with Gasteiger partial charge in [0.25, 0.3) is 0 Å². The maximum Gasteiger partial charge on any atom is 0.248 e. The number of nitrogens with zero attached hydrogens (tertiary/aromatic N) is 2. The number of carbonyl (C=O) groups is 1. The number of piperidine rings is 1. The van der Waals surface area contributed by atoms with Gasteiger partial charge in [-0.3, -0.25) is 4.79 Å². The Balaban J connectivity index is 1.85. The molecule has 1 amide bonds. The molecule has 0 radical (unpaired) electrons. The predicted molar refractivity (Wildman–Crippen MR) is 111 cm³/mol. The third-order valence-electron chi connectivity index (χ3n) is 5.05. The number of hydrogen-bond donors (Lipinski definition) is 1. The fourth-order valence-corrected chi connectivity index (χ4v) is 5.24. The Labute approximate surface area is 176 Å². The number of amides is 1. The Kier molecular flexibility index (Phi) is 7.04. The molecule has 0 saturated carbocycles. The van der Waals surface area contributed by atoms with Crippen molar-refractivity contribution in [3.63, 3.8) is 0 Å². The van der Waals surface area contributed by atoms with E-state index in [1.54, 1.807) is 25.1 Å². The van der Waals surface area contributed by atoms with Crippen LogP contribution in [0.3, 0.4) is 0 Å². The van der Waals surface area contributed by atoms with E-state index in [2.05, 4.69) is 10.5 Å². The van der Waals surface area contributed by atoms with Gasteiger partial charge in [0.15, 0.2) is 10.7 Å². The quantitative estimate of drug-likeness (QED) is 0.721. The van der Waals surface area contributed by atoms with Crippen molar-refractivity contribution in [2.75, 3.05) is 19.6 Å². The summed E-state index contributed by atoms with van der Waals surface area (Å²) in [6.07, 6.45) is 4.91. The molecule has 0 bridgehead atoms. The molecule has 0 spiro atoms. The molecule has 1 fully saturated rings. The SMILES string of the molecule is CCCNC(=O)C1CCCN(S(=O)(=O)c2c(C)noc2/C=C/c2ccccc2F)C1. The Bertz CT molecular complexity index is 1030. The van der Waals surface area contributed by atoms with Crippen LogP contribution in [0.25, 0.3) is 12.2 Å². The van der Waals surface area contributed by atoms with Crippen molar-refractivity contribution < 1.29 is 22.1 Å². The van der Waals surface area contributed by atoms with E-state index in [-0.39, 0.29) is 28.8 Å². The number of halogens is 1. The largest absolute Gasteiger partial charge is 0.356 e. The molecule has 1 aromatic heterocycles. The van der Waals surface area contributed by atoms with Gasteiger partial charge >= 0.3 is 0 Å². The number of hydrogen-bond acceptors (Lipinski definition) is 5. The number of sulfonamides is 1. The van der Waals surface area contributed by atoms with Gasteiger partial charge in [0.05, 0.1) is 5.92 Å². The Morgan fingerprint density at radius 3 is 2.87 bits per heavy atom. The van der Waals surface area contributed by atoms with Crippen LogP contribution in [0.15, 0.2) is 33.7 Å². The van der Waals surface area contributed by atoms with Crippen LogP contribution in [-0.4, -0.2) is 43.4 Å². The first-order valence-corrected chi connectivity index (χ1v) is 11.4. The van der Waals surface area contributed by atoms with Crippen molar-refractivity contribution in [1.29, 1.82) is 0 Å². The van der Waals surface area contributed by atoms with Crippen molar-refractivity contribution in [1.82, 2.24) is 14.8 Å². The molecule has 162 valence electrons. The minimum atomic E-state index is -3.93. The Morgan fingerprint density at radius 2 is 2.13 bits per heavy atom. The highest BCUT2D eigenvalue weighted by Crippen LogP contribution is 2.29. The molecule has 3 rings (SSSR count). The van der Waals surface area contributed by atoms with Crippen molar-refractivity contribution in [2.45, 2.75) is 38.0 Å². The van der Waals surface area contributed by atoms with Gasteiger partial charge in [-0.25, -0.2) is 12.8 Å². The summed E-state index contributed by atoms with van der Waals surface area (Å²) in [5.41, 5.74) is 0.529. The van der Waals surface area contributed by atoms with E-state index >= 15 is 0 Å². The van der Waals surface area contributed by atoms with E-state index < -0.39 is 21.8 Å². The molecule has 1 N–H and O–H groups in total. The number of nitrogens with one attached hydrogen (secondary N) is 1. The van der Waals surface area contributed by atoms with Crippen LogP contribution >= 0.6 is 0 Å². The lowest BCUT2D eigenvalue weighted by Gasteiger charge is -2.31. The maximum atomic E-state index is 13.9. The zero-order chi connectivity index (χ0) is 21.7. The highest BCUT2D eigenvalue weighted by molar-refractivity contribution is 7.89.